The first-order valence-corrected chi connectivity index (χ1v) is 10.3. The number of benzene rings is 2. The van der Waals surface area contributed by atoms with Crippen molar-refractivity contribution in [2.45, 2.75) is 12.6 Å². The van der Waals surface area contributed by atoms with Crippen molar-refractivity contribution in [2.24, 2.45) is 0 Å². The molecule has 2 aliphatic rings. The lowest BCUT2D eigenvalue weighted by molar-refractivity contribution is -0.140. The molecule has 32 heavy (non-hydrogen) atoms. The van der Waals surface area contributed by atoms with Gasteiger partial charge in [0.2, 0.25) is 0 Å². The van der Waals surface area contributed by atoms with E-state index in [0.717, 1.165) is 11.1 Å². The molecule has 3 heterocycles. The molecule has 7 nitrogen and oxygen atoms in total. The van der Waals surface area contributed by atoms with Crippen molar-refractivity contribution in [3.63, 3.8) is 0 Å². The Hall–Kier alpha value is -4.13. The first-order valence-electron chi connectivity index (χ1n) is 10.3. The molecule has 1 atom stereocenters. The third-order valence-electron chi connectivity index (χ3n) is 5.57. The predicted octanol–water partition coefficient (Wildman–Crippen LogP) is 3.47. The molecule has 7 heteroatoms. The molecule has 2 aromatic carbocycles. The number of hydrogen-bond donors (Lipinski definition) is 1. The number of carbonyl (C=O) groups is 2. The molecular weight excluding hydrogens is 408 g/mol. The Bertz CT molecular complexity index is 1210. The molecule has 1 saturated heterocycles. The summed E-state index contributed by atoms with van der Waals surface area (Å²) in [4.78, 5) is 31.6. The van der Waals surface area contributed by atoms with E-state index in [1.807, 2.05) is 30.3 Å². The third kappa shape index (κ3) is 3.47. The summed E-state index contributed by atoms with van der Waals surface area (Å²) in [6.07, 6.45) is 3.28. The van der Waals surface area contributed by atoms with Gasteiger partial charge in [-0.2, -0.15) is 0 Å². The zero-order chi connectivity index (χ0) is 22.1. The van der Waals surface area contributed by atoms with Crippen molar-refractivity contribution < 1.29 is 24.2 Å². The minimum absolute atomic E-state index is 0.0481. The number of Topliss-reactive ketones (excluding diaryl/α,β-unsaturated/α-hetero) is 1. The fourth-order valence-corrected chi connectivity index (χ4v) is 4.06. The second kappa shape index (κ2) is 8.19. The van der Waals surface area contributed by atoms with Gasteiger partial charge in [0.05, 0.1) is 11.6 Å². The van der Waals surface area contributed by atoms with E-state index in [1.165, 1.54) is 4.90 Å². The maximum atomic E-state index is 13.1. The number of pyridine rings is 1. The zero-order valence-electron chi connectivity index (χ0n) is 17.1. The fourth-order valence-electron chi connectivity index (χ4n) is 4.06. The van der Waals surface area contributed by atoms with Crippen LogP contribution in [0.5, 0.6) is 11.5 Å². The molecule has 1 fully saturated rings. The lowest BCUT2D eigenvalue weighted by atomic mass is 9.95. The molecule has 0 bridgehead atoms. The van der Waals surface area contributed by atoms with Gasteiger partial charge >= 0.3 is 0 Å². The van der Waals surface area contributed by atoms with Crippen LogP contribution in [-0.4, -0.2) is 39.9 Å². The molecule has 160 valence electrons. The van der Waals surface area contributed by atoms with Gasteiger partial charge in [-0.25, -0.2) is 0 Å². The predicted molar refractivity (Wildman–Crippen MR) is 116 cm³/mol. The Morgan fingerprint density at radius 2 is 1.69 bits per heavy atom. The summed E-state index contributed by atoms with van der Waals surface area (Å²) in [6.45, 7) is 1.06. The standard InChI is InChI=1S/C25H20N2O5/c28-23(18-6-7-19-20(14-18)32-13-12-31-19)21-22(17-4-2-1-3-5-17)27(25(30)24(21)29)15-16-8-10-26-11-9-16/h1-11,14,22,28H,12-13,15H2/b23-21+. The maximum absolute atomic E-state index is 13.1. The van der Waals surface area contributed by atoms with Crippen LogP contribution < -0.4 is 9.47 Å². The van der Waals surface area contributed by atoms with E-state index in [1.54, 1.807) is 42.7 Å². The Balaban J connectivity index is 1.62. The number of hydrogen-bond acceptors (Lipinski definition) is 6. The summed E-state index contributed by atoms with van der Waals surface area (Å²) in [5.41, 5.74) is 2.01. The Labute approximate surface area is 184 Å². The maximum Gasteiger partial charge on any atom is 0.295 e. The van der Waals surface area contributed by atoms with Crippen LogP contribution >= 0.6 is 0 Å². The van der Waals surface area contributed by atoms with Crippen molar-refractivity contribution in [1.82, 2.24) is 9.88 Å². The largest absolute Gasteiger partial charge is 0.507 e. The van der Waals surface area contributed by atoms with Gasteiger partial charge in [0.25, 0.3) is 11.7 Å². The molecule has 1 aromatic heterocycles. The SMILES string of the molecule is O=C1C(=O)N(Cc2ccncc2)C(c2ccccc2)/C1=C(\O)c1ccc2c(c1)OCCO2. The van der Waals surface area contributed by atoms with Crippen molar-refractivity contribution >= 4 is 17.4 Å². The molecule has 0 radical (unpaired) electrons. The number of aliphatic hydroxyl groups is 1. The van der Waals surface area contributed by atoms with Crippen LogP contribution in [0.1, 0.15) is 22.7 Å². The number of carbonyl (C=O) groups excluding carboxylic acids is 2. The highest BCUT2D eigenvalue weighted by Gasteiger charge is 2.46. The van der Waals surface area contributed by atoms with Crippen LogP contribution in [0, 0.1) is 0 Å². The average molecular weight is 428 g/mol. The van der Waals surface area contributed by atoms with E-state index >= 15 is 0 Å². The molecule has 1 amide bonds. The molecule has 5 rings (SSSR count). The van der Waals surface area contributed by atoms with Crippen LogP contribution in [0.25, 0.3) is 5.76 Å². The van der Waals surface area contributed by atoms with E-state index < -0.39 is 17.7 Å². The third-order valence-corrected chi connectivity index (χ3v) is 5.57. The normalized spacial score (nSPS) is 19.2. The second-order valence-corrected chi connectivity index (χ2v) is 7.55. The first kappa shape index (κ1) is 19.8. The average Bonchev–Trinajstić information content (AvgIpc) is 3.09. The summed E-state index contributed by atoms with van der Waals surface area (Å²) < 4.78 is 11.1. The topological polar surface area (TPSA) is 89.0 Å². The highest BCUT2D eigenvalue weighted by molar-refractivity contribution is 6.46. The Morgan fingerprint density at radius 3 is 2.44 bits per heavy atom. The molecule has 0 saturated carbocycles. The van der Waals surface area contributed by atoms with Gasteiger partial charge in [-0.3, -0.25) is 14.6 Å². The number of ketones is 1. The van der Waals surface area contributed by atoms with Crippen LogP contribution in [0.15, 0.2) is 78.6 Å². The molecule has 1 N–H and O–H groups in total. The number of likely N-dealkylation sites (tertiary alicyclic amines) is 1. The smallest absolute Gasteiger partial charge is 0.295 e. The van der Waals surface area contributed by atoms with Gasteiger partial charge in [-0.1, -0.05) is 30.3 Å². The van der Waals surface area contributed by atoms with Gasteiger partial charge in [0.15, 0.2) is 11.5 Å². The van der Waals surface area contributed by atoms with E-state index in [9.17, 15) is 14.7 Å². The highest BCUT2D eigenvalue weighted by Crippen LogP contribution is 2.41. The van der Waals surface area contributed by atoms with Gasteiger partial charge in [-0.05, 0) is 41.5 Å². The molecule has 1 unspecified atom stereocenters. The van der Waals surface area contributed by atoms with Gasteiger partial charge < -0.3 is 19.5 Å². The van der Waals surface area contributed by atoms with Crippen molar-refractivity contribution in [1.29, 1.82) is 0 Å². The number of fused-ring (bicyclic) bond motifs is 1. The monoisotopic (exact) mass is 428 g/mol. The number of nitrogens with zero attached hydrogens (tertiary/aromatic N) is 2. The summed E-state index contributed by atoms with van der Waals surface area (Å²) in [5.74, 6) is -0.561. The summed E-state index contributed by atoms with van der Waals surface area (Å²) in [5, 5.41) is 11.2. The number of rotatable bonds is 4. The van der Waals surface area contributed by atoms with Gasteiger partial charge in [0, 0.05) is 24.5 Å². The summed E-state index contributed by atoms with van der Waals surface area (Å²) in [7, 11) is 0. The highest BCUT2D eigenvalue weighted by atomic mass is 16.6. The molecule has 2 aliphatic heterocycles. The first-order chi connectivity index (χ1) is 15.6. The number of amides is 1. The van der Waals surface area contributed by atoms with Crippen molar-refractivity contribution in [3.8, 4) is 11.5 Å². The summed E-state index contributed by atoms with van der Waals surface area (Å²) >= 11 is 0. The van der Waals surface area contributed by atoms with Crippen molar-refractivity contribution in [3.05, 3.63) is 95.3 Å². The van der Waals surface area contributed by atoms with E-state index in [2.05, 4.69) is 4.98 Å². The minimum atomic E-state index is -0.724. The molecule has 0 aliphatic carbocycles. The van der Waals surface area contributed by atoms with Gasteiger partial charge in [-0.15, -0.1) is 0 Å². The molecule has 0 spiro atoms. The van der Waals surface area contributed by atoms with Crippen LogP contribution in [0.3, 0.4) is 0 Å². The zero-order valence-corrected chi connectivity index (χ0v) is 17.1. The lowest BCUT2D eigenvalue weighted by Crippen LogP contribution is -2.29. The molecular formula is C25H20N2O5. The lowest BCUT2D eigenvalue weighted by Gasteiger charge is -2.25. The summed E-state index contributed by atoms with van der Waals surface area (Å²) in [6, 6.07) is 17.1. The Kier molecular flexibility index (Phi) is 5.07. The minimum Gasteiger partial charge on any atom is -0.507 e. The quantitative estimate of drug-likeness (QED) is 0.389. The second-order valence-electron chi connectivity index (χ2n) is 7.55. The van der Waals surface area contributed by atoms with E-state index in [4.69, 9.17) is 9.47 Å². The van der Waals surface area contributed by atoms with E-state index in [-0.39, 0.29) is 17.9 Å². The molecule has 3 aromatic rings. The number of aromatic nitrogens is 1. The number of ether oxygens (including phenoxy) is 2. The fraction of sp³-hybridized carbons (Fsp3) is 0.160. The van der Waals surface area contributed by atoms with Crippen LogP contribution in [0.2, 0.25) is 0 Å². The Morgan fingerprint density at radius 1 is 0.969 bits per heavy atom. The number of aliphatic hydroxyl groups excluding tert-OH is 1. The van der Waals surface area contributed by atoms with E-state index in [0.29, 0.717) is 30.3 Å². The van der Waals surface area contributed by atoms with Crippen LogP contribution in [0.4, 0.5) is 0 Å². The van der Waals surface area contributed by atoms with Gasteiger partial charge in [0.1, 0.15) is 19.0 Å². The van der Waals surface area contributed by atoms with Crippen molar-refractivity contribution in [2.75, 3.05) is 13.2 Å². The van der Waals surface area contributed by atoms with Crippen LogP contribution in [-0.2, 0) is 16.1 Å².